The molecule has 0 amide bonds. The highest BCUT2D eigenvalue weighted by molar-refractivity contribution is 6.03. The molecule has 1 aromatic heterocycles. The third-order valence-corrected chi connectivity index (χ3v) is 2.50. The van der Waals surface area contributed by atoms with Gasteiger partial charge in [0.25, 0.3) is 0 Å². The molecule has 0 spiro atoms. The first kappa shape index (κ1) is 9.83. The van der Waals surface area contributed by atoms with Crippen LogP contribution >= 0.6 is 0 Å². The number of nitrogens with two attached hydrogens (primary N) is 1. The average molecular weight is 202 g/mol. The van der Waals surface area contributed by atoms with E-state index in [1.54, 1.807) is 0 Å². The molecular formula is C11H14N4. The van der Waals surface area contributed by atoms with Crippen molar-refractivity contribution in [3.8, 4) is 0 Å². The Morgan fingerprint density at radius 1 is 1.33 bits per heavy atom. The number of pyridine rings is 1. The van der Waals surface area contributed by atoms with E-state index in [4.69, 9.17) is 5.73 Å². The number of hydrogen-bond acceptors (Lipinski definition) is 4. The molecule has 1 aliphatic heterocycles. The summed E-state index contributed by atoms with van der Waals surface area (Å²) in [4.78, 5) is 4.32. The second-order valence-electron chi connectivity index (χ2n) is 3.90. The van der Waals surface area contributed by atoms with Crippen LogP contribution in [-0.2, 0) is 0 Å². The van der Waals surface area contributed by atoms with Crippen LogP contribution in [0.3, 0.4) is 0 Å². The number of hydrogen-bond donors (Lipinski definition) is 1. The van der Waals surface area contributed by atoms with Gasteiger partial charge in [0, 0.05) is 18.5 Å². The van der Waals surface area contributed by atoms with E-state index < -0.39 is 0 Å². The Balaban J connectivity index is 2.29. The lowest BCUT2D eigenvalue weighted by atomic mass is 10.00. The molecule has 0 bridgehead atoms. The molecule has 4 heteroatoms. The first-order valence-corrected chi connectivity index (χ1v) is 4.99. The summed E-state index contributed by atoms with van der Waals surface area (Å²) in [6.07, 6.45) is 2.65. The predicted molar refractivity (Wildman–Crippen MR) is 60.9 cm³/mol. The van der Waals surface area contributed by atoms with Gasteiger partial charge in [-0.15, -0.1) is 5.10 Å². The Hall–Kier alpha value is -1.71. The van der Waals surface area contributed by atoms with Crippen molar-refractivity contribution >= 4 is 11.5 Å². The number of rotatable bonds is 1. The van der Waals surface area contributed by atoms with Crippen molar-refractivity contribution in [3.05, 3.63) is 29.6 Å². The molecule has 2 heterocycles. The number of aromatic nitrogens is 1. The zero-order valence-electron chi connectivity index (χ0n) is 8.94. The quantitative estimate of drug-likeness (QED) is 0.749. The Bertz CT molecular complexity index is 417. The van der Waals surface area contributed by atoms with Gasteiger partial charge >= 0.3 is 0 Å². The van der Waals surface area contributed by atoms with Gasteiger partial charge in [0.05, 0.1) is 11.4 Å². The maximum absolute atomic E-state index is 5.67. The third-order valence-electron chi connectivity index (χ3n) is 2.50. The summed E-state index contributed by atoms with van der Waals surface area (Å²) in [7, 11) is 0. The van der Waals surface area contributed by atoms with E-state index in [-0.39, 0.29) is 5.92 Å². The molecule has 0 saturated carbocycles. The lowest BCUT2D eigenvalue weighted by molar-refractivity contribution is 0.777. The van der Waals surface area contributed by atoms with E-state index >= 15 is 0 Å². The van der Waals surface area contributed by atoms with Crippen LogP contribution in [0.1, 0.15) is 24.6 Å². The Kier molecular flexibility index (Phi) is 2.49. The maximum Gasteiger partial charge on any atom is 0.125 e. The van der Waals surface area contributed by atoms with Gasteiger partial charge in [-0.05, 0) is 18.6 Å². The Morgan fingerprint density at radius 2 is 2.13 bits per heavy atom. The summed E-state index contributed by atoms with van der Waals surface area (Å²) in [6, 6.07) is 4.00. The molecule has 0 fully saturated rings. The number of aryl methyl sites for hydroxylation is 1. The molecule has 1 unspecified atom stereocenters. The molecule has 78 valence electrons. The van der Waals surface area contributed by atoms with Gasteiger partial charge < -0.3 is 5.73 Å². The molecule has 1 atom stereocenters. The molecule has 0 aromatic carbocycles. The highest BCUT2D eigenvalue weighted by Crippen LogP contribution is 2.14. The topological polar surface area (TPSA) is 63.6 Å². The van der Waals surface area contributed by atoms with Crippen LogP contribution in [0.4, 0.5) is 0 Å². The predicted octanol–water partition coefficient (Wildman–Crippen LogP) is 1.49. The summed E-state index contributed by atoms with van der Waals surface area (Å²) < 4.78 is 0. The Morgan fingerprint density at radius 3 is 2.73 bits per heavy atom. The first-order valence-electron chi connectivity index (χ1n) is 4.99. The summed E-state index contributed by atoms with van der Waals surface area (Å²) in [5.41, 5.74) is 8.62. The smallest absolute Gasteiger partial charge is 0.125 e. The zero-order chi connectivity index (χ0) is 10.8. The monoisotopic (exact) mass is 202 g/mol. The van der Waals surface area contributed by atoms with Gasteiger partial charge in [0.2, 0.25) is 0 Å². The molecule has 4 nitrogen and oxygen atoms in total. The van der Waals surface area contributed by atoms with Crippen LogP contribution in [0, 0.1) is 12.8 Å². The van der Waals surface area contributed by atoms with E-state index in [9.17, 15) is 0 Å². The fourth-order valence-electron chi connectivity index (χ4n) is 1.45. The van der Waals surface area contributed by atoms with Crippen molar-refractivity contribution < 1.29 is 0 Å². The van der Waals surface area contributed by atoms with Crippen LogP contribution in [0.15, 0.2) is 28.5 Å². The molecular weight excluding hydrogens is 188 g/mol. The summed E-state index contributed by atoms with van der Waals surface area (Å²) in [5, 5.41) is 8.01. The van der Waals surface area contributed by atoms with Gasteiger partial charge in [-0.25, -0.2) is 0 Å². The minimum absolute atomic E-state index is 0.251. The van der Waals surface area contributed by atoms with E-state index in [1.165, 1.54) is 0 Å². The minimum atomic E-state index is 0.251. The van der Waals surface area contributed by atoms with Gasteiger partial charge in [-0.3, -0.25) is 4.98 Å². The largest absolute Gasteiger partial charge is 0.385 e. The third kappa shape index (κ3) is 2.03. The highest BCUT2D eigenvalue weighted by Gasteiger charge is 2.17. The fourth-order valence-corrected chi connectivity index (χ4v) is 1.45. The summed E-state index contributed by atoms with van der Waals surface area (Å²) >= 11 is 0. The lowest BCUT2D eigenvalue weighted by Gasteiger charge is -2.15. The van der Waals surface area contributed by atoms with Crippen molar-refractivity contribution in [2.45, 2.75) is 20.3 Å². The molecule has 2 rings (SSSR count). The van der Waals surface area contributed by atoms with Gasteiger partial charge in [-0.2, -0.15) is 5.10 Å². The number of amidine groups is 1. The molecule has 0 radical (unpaired) electrons. The van der Waals surface area contributed by atoms with Crippen LogP contribution < -0.4 is 5.73 Å². The number of nitrogens with zero attached hydrogens (tertiary/aromatic N) is 3. The maximum atomic E-state index is 5.67. The fraction of sp³-hybridized carbons (Fsp3) is 0.364. The van der Waals surface area contributed by atoms with E-state index in [1.807, 2.05) is 32.2 Å². The summed E-state index contributed by atoms with van der Waals surface area (Å²) in [5.74, 6) is 0.853. The van der Waals surface area contributed by atoms with E-state index in [0.29, 0.717) is 5.84 Å². The molecule has 0 aliphatic carbocycles. The molecule has 15 heavy (non-hydrogen) atoms. The van der Waals surface area contributed by atoms with Crippen molar-refractivity contribution in [3.63, 3.8) is 0 Å². The lowest BCUT2D eigenvalue weighted by Crippen LogP contribution is -2.27. The van der Waals surface area contributed by atoms with Crippen molar-refractivity contribution in [2.75, 3.05) is 0 Å². The SMILES string of the molecule is Cc1ccc(C2=NN=C(N)C(C)C2)nc1. The van der Waals surface area contributed by atoms with E-state index in [2.05, 4.69) is 15.2 Å². The molecule has 0 saturated heterocycles. The average Bonchev–Trinajstić information content (AvgIpc) is 2.23. The first-order chi connectivity index (χ1) is 7.16. The molecule has 1 aliphatic rings. The zero-order valence-corrected chi connectivity index (χ0v) is 8.94. The van der Waals surface area contributed by atoms with Crippen molar-refractivity contribution in [1.82, 2.24) is 4.98 Å². The van der Waals surface area contributed by atoms with Gasteiger partial charge in [0.1, 0.15) is 5.84 Å². The molecule has 1 aromatic rings. The normalized spacial score (nSPS) is 20.8. The standard InChI is InChI=1S/C11H14N4/c1-7-3-4-9(13-6-7)10-5-8(2)11(12)15-14-10/h3-4,6,8H,5H2,1-2H3,(H2,12,15). The van der Waals surface area contributed by atoms with Gasteiger partial charge in [-0.1, -0.05) is 13.0 Å². The molecule has 2 N–H and O–H groups in total. The second-order valence-corrected chi connectivity index (χ2v) is 3.90. The summed E-state index contributed by atoms with van der Waals surface area (Å²) in [6.45, 7) is 4.06. The highest BCUT2D eigenvalue weighted by atomic mass is 15.2. The minimum Gasteiger partial charge on any atom is -0.385 e. The van der Waals surface area contributed by atoms with Gasteiger partial charge in [0.15, 0.2) is 0 Å². The van der Waals surface area contributed by atoms with E-state index in [0.717, 1.165) is 23.4 Å². The van der Waals surface area contributed by atoms with Crippen LogP contribution in [-0.4, -0.2) is 16.5 Å². The van der Waals surface area contributed by atoms with Crippen LogP contribution in [0.2, 0.25) is 0 Å². The van der Waals surface area contributed by atoms with Crippen molar-refractivity contribution in [1.29, 1.82) is 0 Å². The van der Waals surface area contributed by atoms with Crippen molar-refractivity contribution in [2.24, 2.45) is 21.9 Å². The van der Waals surface area contributed by atoms with Crippen LogP contribution in [0.25, 0.3) is 0 Å². The second kappa shape index (κ2) is 3.81. The Labute approximate surface area is 88.9 Å². The van der Waals surface area contributed by atoms with Crippen LogP contribution in [0.5, 0.6) is 0 Å².